The van der Waals surface area contributed by atoms with Crippen molar-refractivity contribution in [2.75, 3.05) is 11.9 Å². The first-order valence-corrected chi connectivity index (χ1v) is 7.08. The molecule has 100 valence electrons. The molecule has 1 aromatic heterocycles. The summed E-state index contributed by atoms with van der Waals surface area (Å²) in [4.78, 5) is 4.27. The van der Waals surface area contributed by atoms with Crippen LogP contribution in [0.25, 0.3) is 0 Å². The van der Waals surface area contributed by atoms with Crippen molar-refractivity contribution in [3.63, 3.8) is 0 Å². The van der Waals surface area contributed by atoms with Crippen LogP contribution in [0.5, 0.6) is 0 Å². The summed E-state index contributed by atoms with van der Waals surface area (Å²) in [7, 11) is 0. The van der Waals surface area contributed by atoms with Crippen LogP contribution in [0.15, 0.2) is 18.3 Å². The predicted molar refractivity (Wildman–Crippen MR) is 74.6 cm³/mol. The van der Waals surface area contributed by atoms with Gasteiger partial charge in [-0.15, -0.1) is 0 Å². The second kappa shape index (κ2) is 6.74. The number of anilines is 1. The third-order valence-corrected chi connectivity index (χ3v) is 3.56. The van der Waals surface area contributed by atoms with Gasteiger partial charge in [0.05, 0.1) is 12.7 Å². The first-order valence-electron chi connectivity index (χ1n) is 7.08. The van der Waals surface area contributed by atoms with Crippen LogP contribution in [0, 0.1) is 5.92 Å². The van der Waals surface area contributed by atoms with Gasteiger partial charge in [0.15, 0.2) is 0 Å². The zero-order valence-corrected chi connectivity index (χ0v) is 11.5. The van der Waals surface area contributed by atoms with Crippen LogP contribution in [0.4, 0.5) is 5.82 Å². The van der Waals surface area contributed by atoms with E-state index in [4.69, 9.17) is 4.74 Å². The van der Waals surface area contributed by atoms with E-state index in [0.717, 1.165) is 18.3 Å². The summed E-state index contributed by atoms with van der Waals surface area (Å²) in [6.07, 6.45) is 7.40. The molecule has 1 aromatic rings. The van der Waals surface area contributed by atoms with E-state index in [1.807, 2.05) is 12.3 Å². The molecule has 3 nitrogen and oxygen atoms in total. The summed E-state index contributed by atoms with van der Waals surface area (Å²) >= 11 is 0. The van der Waals surface area contributed by atoms with Crippen LogP contribution in [0.3, 0.4) is 0 Å². The van der Waals surface area contributed by atoms with Gasteiger partial charge in [-0.05, 0) is 43.4 Å². The molecule has 0 aliphatic heterocycles. The molecule has 0 radical (unpaired) electrons. The predicted octanol–water partition coefficient (Wildman–Crippen LogP) is 3.61. The molecule has 1 fully saturated rings. The highest BCUT2D eigenvalue weighted by atomic mass is 16.5. The molecule has 0 bridgehead atoms. The molecule has 2 rings (SSSR count). The maximum atomic E-state index is 6.02. The number of nitrogens with one attached hydrogen (secondary N) is 1. The number of nitrogens with zero attached hydrogens (tertiary/aromatic N) is 1. The molecule has 0 aromatic carbocycles. The van der Waals surface area contributed by atoms with E-state index in [-0.39, 0.29) is 0 Å². The largest absolute Gasteiger partial charge is 0.374 e. The number of ether oxygens (including phenoxy) is 1. The number of aromatic nitrogens is 1. The lowest BCUT2D eigenvalue weighted by atomic mass is 9.89. The highest BCUT2D eigenvalue weighted by Gasteiger charge is 2.19. The quantitative estimate of drug-likeness (QED) is 0.864. The van der Waals surface area contributed by atoms with Crippen molar-refractivity contribution in [2.24, 2.45) is 5.92 Å². The van der Waals surface area contributed by atoms with Gasteiger partial charge < -0.3 is 10.1 Å². The topological polar surface area (TPSA) is 34.1 Å². The fourth-order valence-electron chi connectivity index (χ4n) is 2.59. The summed E-state index contributed by atoms with van der Waals surface area (Å²) in [6.45, 7) is 6.01. The Morgan fingerprint density at radius 3 is 3.11 bits per heavy atom. The first kappa shape index (κ1) is 13.3. The highest BCUT2D eigenvalue weighted by Crippen LogP contribution is 2.26. The van der Waals surface area contributed by atoms with Gasteiger partial charge in [0.1, 0.15) is 5.82 Å². The van der Waals surface area contributed by atoms with E-state index in [1.165, 1.54) is 31.2 Å². The van der Waals surface area contributed by atoms with E-state index in [2.05, 4.69) is 30.2 Å². The molecule has 3 heteroatoms. The zero-order valence-electron chi connectivity index (χ0n) is 11.5. The van der Waals surface area contributed by atoms with Gasteiger partial charge in [-0.2, -0.15) is 0 Å². The lowest BCUT2D eigenvalue weighted by Gasteiger charge is -2.26. The van der Waals surface area contributed by atoms with E-state index in [1.54, 1.807) is 0 Å². The molecular formula is C15H24N2O. The maximum Gasteiger partial charge on any atom is 0.126 e. The summed E-state index contributed by atoms with van der Waals surface area (Å²) in [5.41, 5.74) is 1.21. The maximum absolute atomic E-state index is 6.02. The Kier molecular flexibility index (Phi) is 5.00. The number of hydrogen-bond acceptors (Lipinski definition) is 3. The molecule has 2 atom stereocenters. The van der Waals surface area contributed by atoms with Gasteiger partial charge in [0, 0.05) is 12.7 Å². The summed E-state index contributed by atoms with van der Waals surface area (Å²) in [5, 5.41) is 3.23. The van der Waals surface area contributed by atoms with E-state index >= 15 is 0 Å². The van der Waals surface area contributed by atoms with Crippen LogP contribution in [-0.4, -0.2) is 17.6 Å². The monoisotopic (exact) mass is 248 g/mol. The van der Waals surface area contributed by atoms with Gasteiger partial charge in [0.2, 0.25) is 0 Å². The van der Waals surface area contributed by atoms with Crippen LogP contribution in [0.1, 0.15) is 45.1 Å². The molecule has 0 saturated heterocycles. The minimum absolute atomic E-state index is 0.449. The van der Waals surface area contributed by atoms with Crippen LogP contribution >= 0.6 is 0 Å². The number of hydrogen-bond donors (Lipinski definition) is 1. The Hall–Kier alpha value is -1.09. The van der Waals surface area contributed by atoms with Crippen LogP contribution in [-0.2, 0) is 11.3 Å². The second-order valence-electron chi connectivity index (χ2n) is 5.28. The second-order valence-corrected chi connectivity index (χ2v) is 5.28. The summed E-state index contributed by atoms with van der Waals surface area (Å²) in [6, 6.07) is 4.11. The van der Waals surface area contributed by atoms with Crippen molar-refractivity contribution in [1.29, 1.82) is 0 Å². The van der Waals surface area contributed by atoms with E-state index < -0.39 is 0 Å². The first-order chi connectivity index (χ1) is 8.78. The van der Waals surface area contributed by atoms with Gasteiger partial charge >= 0.3 is 0 Å². The third kappa shape index (κ3) is 3.98. The Morgan fingerprint density at radius 1 is 1.44 bits per heavy atom. The highest BCUT2D eigenvalue weighted by molar-refractivity contribution is 5.36. The van der Waals surface area contributed by atoms with Crippen LogP contribution in [0.2, 0.25) is 0 Å². The number of pyridine rings is 1. The lowest BCUT2D eigenvalue weighted by Crippen LogP contribution is -2.21. The standard InChI is InChI=1S/C15H24N2O/c1-3-16-15-10-13(7-8-17-15)11-18-14-6-4-5-12(2)9-14/h7-8,10,12,14H,3-6,9,11H2,1-2H3,(H,16,17). The van der Waals surface area contributed by atoms with Crippen molar-refractivity contribution in [3.8, 4) is 0 Å². The average molecular weight is 248 g/mol. The minimum atomic E-state index is 0.449. The van der Waals surface area contributed by atoms with Crippen molar-refractivity contribution in [2.45, 2.75) is 52.2 Å². The molecule has 1 aliphatic carbocycles. The normalized spacial score (nSPS) is 23.9. The SMILES string of the molecule is CCNc1cc(COC2CCCC(C)C2)ccn1. The molecule has 1 aliphatic rings. The smallest absolute Gasteiger partial charge is 0.126 e. The average Bonchev–Trinajstić information content (AvgIpc) is 2.37. The molecule has 18 heavy (non-hydrogen) atoms. The van der Waals surface area contributed by atoms with Gasteiger partial charge in [0.25, 0.3) is 0 Å². The molecule has 0 spiro atoms. The Balaban J connectivity index is 1.83. The molecule has 1 heterocycles. The van der Waals surface area contributed by atoms with Gasteiger partial charge in [-0.1, -0.05) is 19.8 Å². The fourth-order valence-corrected chi connectivity index (χ4v) is 2.59. The fraction of sp³-hybridized carbons (Fsp3) is 0.667. The molecule has 1 N–H and O–H groups in total. The summed E-state index contributed by atoms with van der Waals surface area (Å²) in [5.74, 6) is 1.76. The third-order valence-electron chi connectivity index (χ3n) is 3.56. The van der Waals surface area contributed by atoms with Crippen molar-refractivity contribution < 1.29 is 4.74 Å². The van der Waals surface area contributed by atoms with Crippen molar-refractivity contribution in [3.05, 3.63) is 23.9 Å². The summed E-state index contributed by atoms with van der Waals surface area (Å²) < 4.78 is 6.02. The molecule has 1 saturated carbocycles. The van der Waals surface area contributed by atoms with E-state index in [0.29, 0.717) is 12.7 Å². The van der Waals surface area contributed by atoms with Crippen molar-refractivity contribution >= 4 is 5.82 Å². The molecular weight excluding hydrogens is 224 g/mol. The van der Waals surface area contributed by atoms with Gasteiger partial charge in [-0.3, -0.25) is 0 Å². The van der Waals surface area contributed by atoms with Gasteiger partial charge in [-0.25, -0.2) is 4.98 Å². The van der Waals surface area contributed by atoms with Crippen LogP contribution < -0.4 is 5.32 Å². The van der Waals surface area contributed by atoms with E-state index in [9.17, 15) is 0 Å². The van der Waals surface area contributed by atoms with Crippen molar-refractivity contribution in [1.82, 2.24) is 4.98 Å². The number of rotatable bonds is 5. The lowest BCUT2D eigenvalue weighted by molar-refractivity contribution is 0.00466. The minimum Gasteiger partial charge on any atom is -0.374 e. The molecule has 2 unspecified atom stereocenters. The Morgan fingerprint density at radius 2 is 2.33 bits per heavy atom. The zero-order chi connectivity index (χ0) is 12.8. The Labute approximate surface area is 110 Å². The Bertz CT molecular complexity index is 367. The molecule has 0 amide bonds.